The first-order valence-electron chi connectivity index (χ1n) is 9.94. The lowest BCUT2D eigenvalue weighted by atomic mass is 10.2. The van der Waals surface area contributed by atoms with Gasteiger partial charge in [0.05, 0.1) is 0 Å². The van der Waals surface area contributed by atoms with E-state index in [4.69, 9.17) is 16.3 Å². The van der Waals surface area contributed by atoms with Crippen LogP contribution < -0.4 is 5.32 Å². The minimum absolute atomic E-state index is 0.152. The second-order valence-electron chi connectivity index (χ2n) is 8.17. The molecule has 1 saturated heterocycles. The van der Waals surface area contributed by atoms with Crippen molar-refractivity contribution < 1.29 is 14.3 Å². The second kappa shape index (κ2) is 10.7. The molecule has 1 aromatic rings. The maximum Gasteiger partial charge on any atom is 0.407 e. The Kier molecular flexibility index (Phi) is 8.58. The van der Waals surface area contributed by atoms with Crippen LogP contribution in [0.2, 0.25) is 5.02 Å². The van der Waals surface area contributed by atoms with Crippen LogP contribution in [0.25, 0.3) is 0 Å². The molecule has 7 heteroatoms. The van der Waals surface area contributed by atoms with Crippen LogP contribution in [-0.4, -0.2) is 60.1 Å². The third-order valence-electron chi connectivity index (χ3n) is 4.50. The van der Waals surface area contributed by atoms with Gasteiger partial charge in [0, 0.05) is 50.7 Å². The number of carbonyl (C=O) groups is 2. The Morgan fingerprint density at radius 1 is 1.11 bits per heavy atom. The Balaban J connectivity index is 1.67. The van der Waals surface area contributed by atoms with Gasteiger partial charge in [-0.15, -0.1) is 0 Å². The largest absolute Gasteiger partial charge is 0.444 e. The van der Waals surface area contributed by atoms with Gasteiger partial charge in [0.1, 0.15) is 5.60 Å². The smallest absolute Gasteiger partial charge is 0.407 e. The summed E-state index contributed by atoms with van der Waals surface area (Å²) in [6.45, 7) is 10.2. The fourth-order valence-corrected chi connectivity index (χ4v) is 3.25. The fourth-order valence-electron chi connectivity index (χ4n) is 3.13. The number of halogens is 1. The Morgan fingerprint density at radius 3 is 2.50 bits per heavy atom. The summed E-state index contributed by atoms with van der Waals surface area (Å²) >= 11 is 5.94. The summed E-state index contributed by atoms with van der Waals surface area (Å²) in [7, 11) is 0. The molecule has 2 amide bonds. The predicted molar refractivity (Wildman–Crippen MR) is 111 cm³/mol. The van der Waals surface area contributed by atoms with Gasteiger partial charge in [-0.25, -0.2) is 4.79 Å². The topological polar surface area (TPSA) is 61.9 Å². The number of nitrogens with one attached hydrogen (secondary N) is 1. The van der Waals surface area contributed by atoms with Crippen molar-refractivity contribution in [2.24, 2.45) is 0 Å². The Morgan fingerprint density at radius 2 is 1.82 bits per heavy atom. The van der Waals surface area contributed by atoms with Crippen molar-refractivity contribution >= 4 is 23.6 Å². The molecule has 0 unspecified atom stereocenters. The molecular formula is C21H32ClN3O3. The van der Waals surface area contributed by atoms with Crippen molar-refractivity contribution in [3.05, 3.63) is 34.9 Å². The molecule has 1 heterocycles. The van der Waals surface area contributed by atoms with Crippen molar-refractivity contribution in [1.29, 1.82) is 0 Å². The van der Waals surface area contributed by atoms with Crippen molar-refractivity contribution in [3.63, 3.8) is 0 Å². The van der Waals surface area contributed by atoms with Gasteiger partial charge in [0.2, 0.25) is 5.91 Å². The lowest BCUT2D eigenvalue weighted by Gasteiger charge is -2.22. The van der Waals surface area contributed by atoms with E-state index in [1.165, 1.54) is 5.56 Å². The molecule has 0 aliphatic carbocycles. The van der Waals surface area contributed by atoms with Gasteiger partial charge < -0.3 is 15.0 Å². The standard InChI is InChI=1S/C21H32ClN3O3/c1-21(2,3)28-20(27)23-11-4-6-19(26)25-13-5-12-24(14-15-25)16-17-7-9-18(22)10-8-17/h7-10H,4-6,11-16H2,1-3H3,(H,23,27). The number of benzene rings is 1. The molecule has 2 rings (SSSR count). The van der Waals surface area contributed by atoms with Gasteiger partial charge in [-0.1, -0.05) is 23.7 Å². The predicted octanol–water partition coefficient (Wildman–Crippen LogP) is 3.68. The summed E-state index contributed by atoms with van der Waals surface area (Å²) in [5, 5.41) is 3.45. The number of nitrogens with zero attached hydrogens (tertiary/aromatic N) is 2. The zero-order valence-corrected chi connectivity index (χ0v) is 17.9. The number of rotatable bonds is 6. The molecule has 156 valence electrons. The molecule has 0 aromatic heterocycles. The van der Waals surface area contributed by atoms with Crippen LogP contribution in [0.15, 0.2) is 24.3 Å². The monoisotopic (exact) mass is 409 g/mol. The highest BCUT2D eigenvalue weighted by Gasteiger charge is 2.19. The third-order valence-corrected chi connectivity index (χ3v) is 4.75. The molecule has 0 radical (unpaired) electrons. The number of alkyl carbamates (subject to hydrolysis) is 1. The van der Waals surface area contributed by atoms with Crippen molar-refractivity contribution in [3.8, 4) is 0 Å². The fraction of sp³-hybridized carbons (Fsp3) is 0.619. The third kappa shape index (κ3) is 8.48. The van der Waals surface area contributed by atoms with Crippen LogP contribution in [0.1, 0.15) is 45.6 Å². The molecule has 0 saturated carbocycles. The summed E-state index contributed by atoms with van der Waals surface area (Å²) in [4.78, 5) is 28.4. The van der Waals surface area contributed by atoms with Crippen molar-refractivity contribution in [1.82, 2.24) is 15.1 Å². The molecule has 1 aliphatic heterocycles. The lowest BCUT2D eigenvalue weighted by Crippen LogP contribution is -2.36. The van der Waals surface area contributed by atoms with E-state index in [1.807, 2.05) is 49.9 Å². The first-order chi connectivity index (χ1) is 13.2. The van der Waals surface area contributed by atoms with Crippen LogP contribution in [0.4, 0.5) is 4.79 Å². The van der Waals surface area contributed by atoms with Gasteiger partial charge in [-0.3, -0.25) is 9.69 Å². The SMILES string of the molecule is CC(C)(C)OC(=O)NCCCC(=O)N1CCCN(Cc2ccc(Cl)cc2)CC1. The molecular weight excluding hydrogens is 378 g/mol. The quantitative estimate of drug-likeness (QED) is 0.728. The van der Waals surface area contributed by atoms with Crippen LogP contribution in [0.3, 0.4) is 0 Å². The van der Waals surface area contributed by atoms with E-state index in [1.54, 1.807) is 0 Å². The van der Waals surface area contributed by atoms with Crippen LogP contribution in [-0.2, 0) is 16.1 Å². The average Bonchev–Trinajstić information content (AvgIpc) is 2.85. The van der Waals surface area contributed by atoms with Gasteiger partial charge >= 0.3 is 6.09 Å². The summed E-state index contributed by atoms with van der Waals surface area (Å²) in [5.41, 5.74) is 0.724. The molecule has 6 nitrogen and oxygen atoms in total. The van der Waals surface area contributed by atoms with E-state index >= 15 is 0 Å². The molecule has 0 bridgehead atoms. The number of carbonyl (C=O) groups excluding carboxylic acids is 2. The molecule has 0 spiro atoms. The summed E-state index contributed by atoms with van der Waals surface area (Å²) in [6.07, 6.45) is 1.58. The highest BCUT2D eigenvalue weighted by Crippen LogP contribution is 2.13. The van der Waals surface area contributed by atoms with Crippen LogP contribution in [0.5, 0.6) is 0 Å². The van der Waals surface area contributed by atoms with Gasteiger partial charge in [-0.05, 0) is 51.3 Å². The van der Waals surface area contributed by atoms with E-state index in [0.29, 0.717) is 19.4 Å². The highest BCUT2D eigenvalue weighted by molar-refractivity contribution is 6.30. The minimum Gasteiger partial charge on any atom is -0.444 e. The molecule has 1 N–H and O–H groups in total. The van der Waals surface area contributed by atoms with Crippen LogP contribution in [0, 0.1) is 0 Å². The first kappa shape index (κ1) is 22.5. The molecule has 1 aliphatic rings. The van der Waals surface area contributed by atoms with Crippen molar-refractivity contribution in [2.45, 2.75) is 52.2 Å². The van der Waals surface area contributed by atoms with E-state index in [0.717, 1.165) is 44.2 Å². The average molecular weight is 410 g/mol. The van der Waals surface area contributed by atoms with E-state index in [9.17, 15) is 9.59 Å². The van der Waals surface area contributed by atoms with E-state index < -0.39 is 11.7 Å². The zero-order valence-electron chi connectivity index (χ0n) is 17.2. The Bertz CT molecular complexity index is 643. The van der Waals surface area contributed by atoms with E-state index in [-0.39, 0.29) is 5.91 Å². The van der Waals surface area contributed by atoms with E-state index in [2.05, 4.69) is 10.2 Å². The number of amides is 2. The summed E-state index contributed by atoms with van der Waals surface area (Å²) in [5.74, 6) is 0.152. The zero-order chi connectivity index (χ0) is 20.6. The molecule has 28 heavy (non-hydrogen) atoms. The highest BCUT2D eigenvalue weighted by atomic mass is 35.5. The Hall–Kier alpha value is -1.79. The summed E-state index contributed by atoms with van der Waals surface area (Å²) < 4.78 is 5.19. The summed E-state index contributed by atoms with van der Waals surface area (Å²) in [6, 6.07) is 7.92. The number of hydrogen-bond donors (Lipinski definition) is 1. The lowest BCUT2D eigenvalue weighted by molar-refractivity contribution is -0.131. The molecule has 1 aromatic carbocycles. The van der Waals surface area contributed by atoms with Crippen LogP contribution >= 0.6 is 11.6 Å². The van der Waals surface area contributed by atoms with Gasteiger partial charge in [-0.2, -0.15) is 0 Å². The normalized spacial score (nSPS) is 15.8. The first-order valence-corrected chi connectivity index (χ1v) is 10.3. The number of ether oxygens (including phenoxy) is 1. The number of hydrogen-bond acceptors (Lipinski definition) is 4. The van der Waals surface area contributed by atoms with Crippen molar-refractivity contribution in [2.75, 3.05) is 32.7 Å². The Labute approximate surface area is 173 Å². The van der Waals surface area contributed by atoms with Gasteiger partial charge in [0.25, 0.3) is 0 Å². The minimum atomic E-state index is -0.510. The second-order valence-corrected chi connectivity index (χ2v) is 8.61. The molecule has 0 atom stereocenters. The maximum atomic E-state index is 12.5. The molecule has 1 fully saturated rings. The van der Waals surface area contributed by atoms with Gasteiger partial charge in [0.15, 0.2) is 0 Å². The maximum absolute atomic E-state index is 12.5.